The number of amides is 1. The molecule has 0 spiro atoms. The molecule has 0 heterocycles. The number of nitrogens with one attached hydrogen (secondary N) is 2. The van der Waals surface area contributed by atoms with Gasteiger partial charge in [-0.15, -0.1) is 0 Å². The predicted octanol–water partition coefficient (Wildman–Crippen LogP) is 0.425. The summed E-state index contributed by atoms with van der Waals surface area (Å²) >= 11 is 0. The van der Waals surface area contributed by atoms with Crippen molar-refractivity contribution in [1.29, 1.82) is 0 Å². The number of hydrogen-bond donors (Lipinski definition) is 3. The van der Waals surface area contributed by atoms with Gasteiger partial charge in [0.15, 0.2) is 0 Å². The Hall–Kier alpha value is -1.71. The second kappa shape index (κ2) is 7.52. The van der Waals surface area contributed by atoms with E-state index < -0.39 is 15.8 Å². The highest BCUT2D eigenvalue weighted by Crippen LogP contribution is 2.17. The van der Waals surface area contributed by atoms with Crippen LogP contribution in [0, 0.1) is 5.82 Å². The molecule has 4 N–H and O–H groups in total. The van der Waals surface area contributed by atoms with Crippen molar-refractivity contribution in [1.82, 2.24) is 5.32 Å². The van der Waals surface area contributed by atoms with Crippen molar-refractivity contribution in [2.24, 2.45) is 5.14 Å². The van der Waals surface area contributed by atoms with E-state index in [1.807, 2.05) is 6.92 Å². The molecule has 0 saturated heterocycles. The highest BCUT2D eigenvalue weighted by atomic mass is 32.2. The molecule has 2 atom stereocenters. The van der Waals surface area contributed by atoms with Crippen LogP contribution >= 0.6 is 0 Å². The average molecular weight is 333 g/mol. The monoisotopic (exact) mass is 333 g/mol. The number of primary sulfonamides is 1. The summed E-state index contributed by atoms with van der Waals surface area (Å²) < 4.78 is 41.0. The Morgan fingerprint density at radius 2 is 2.05 bits per heavy atom. The lowest BCUT2D eigenvalue weighted by molar-refractivity contribution is -0.120. The summed E-state index contributed by atoms with van der Waals surface area (Å²) in [4.78, 5) is 11.4. The molecule has 0 aliphatic rings. The van der Waals surface area contributed by atoms with Crippen LogP contribution in [0.2, 0.25) is 0 Å². The second-order valence-corrected chi connectivity index (χ2v) is 6.40. The molecule has 1 amide bonds. The van der Waals surface area contributed by atoms with E-state index in [1.54, 1.807) is 6.92 Å². The fraction of sp³-hybridized carbons (Fsp3) is 0.462. The molecule has 0 aliphatic carbocycles. The molecule has 1 unspecified atom stereocenters. The van der Waals surface area contributed by atoms with Gasteiger partial charge in [0.25, 0.3) is 0 Å². The van der Waals surface area contributed by atoms with Gasteiger partial charge in [-0.3, -0.25) is 4.79 Å². The number of carbonyl (C=O) groups excluding carboxylic acids is 1. The molecule has 0 saturated carbocycles. The van der Waals surface area contributed by atoms with E-state index in [9.17, 15) is 17.6 Å². The van der Waals surface area contributed by atoms with Gasteiger partial charge in [-0.25, -0.2) is 17.9 Å². The minimum absolute atomic E-state index is 0.00925. The minimum atomic E-state index is -3.96. The van der Waals surface area contributed by atoms with Crippen LogP contribution in [0.4, 0.5) is 10.1 Å². The average Bonchev–Trinajstić information content (AvgIpc) is 2.43. The summed E-state index contributed by atoms with van der Waals surface area (Å²) in [5.74, 6) is -1.15. The van der Waals surface area contributed by atoms with Gasteiger partial charge >= 0.3 is 0 Å². The van der Waals surface area contributed by atoms with Crippen molar-refractivity contribution in [3.8, 4) is 0 Å². The molecule has 0 bridgehead atoms. The number of nitrogens with two attached hydrogens (primary N) is 1. The molecule has 22 heavy (non-hydrogen) atoms. The van der Waals surface area contributed by atoms with Crippen LogP contribution in [-0.2, 0) is 19.6 Å². The van der Waals surface area contributed by atoms with Crippen LogP contribution < -0.4 is 15.8 Å². The first kappa shape index (κ1) is 18.3. The summed E-state index contributed by atoms with van der Waals surface area (Å²) in [6.45, 7) is 3.43. The van der Waals surface area contributed by atoms with Crippen LogP contribution in [0.25, 0.3) is 0 Å². The first-order chi connectivity index (χ1) is 10.1. The first-order valence-electron chi connectivity index (χ1n) is 6.53. The summed E-state index contributed by atoms with van der Waals surface area (Å²) in [6, 6.07) is 2.97. The first-order valence-corrected chi connectivity index (χ1v) is 8.08. The SMILES string of the molecule is COC(C)[C@H](C)NC(=O)CNc1ccc(S(N)(=O)=O)cc1F. The van der Waals surface area contributed by atoms with Crippen molar-refractivity contribution in [3.05, 3.63) is 24.0 Å². The van der Waals surface area contributed by atoms with Crippen molar-refractivity contribution in [2.75, 3.05) is 19.0 Å². The van der Waals surface area contributed by atoms with Crippen molar-refractivity contribution in [2.45, 2.75) is 30.9 Å². The molecule has 7 nitrogen and oxygen atoms in total. The largest absolute Gasteiger partial charge is 0.380 e. The Balaban J connectivity index is 2.64. The summed E-state index contributed by atoms with van der Waals surface area (Å²) in [7, 11) is -2.43. The zero-order chi connectivity index (χ0) is 16.9. The molecular weight excluding hydrogens is 313 g/mol. The smallest absolute Gasteiger partial charge is 0.239 e. The Kier molecular flexibility index (Phi) is 6.27. The van der Waals surface area contributed by atoms with E-state index in [1.165, 1.54) is 13.2 Å². The van der Waals surface area contributed by atoms with E-state index >= 15 is 0 Å². The zero-order valence-electron chi connectivity index (χ0n) is 12.6. The maximum atomic E-state index is 13.7. The summed E-state index contributed by atoms with van der Waals surface area (Å²) in [6.07, 6.45) is -0.158. The van der Waals surface area contributed by atoms with Gasteiger partial charge < -0.3 is 15.4 Å². The van der Waals surface area contributed by atoms with E-state index in [0.29, 0.717) is 0 Å². The highest BCUT2D eigenvalue weighted by Gasteiger charge is 2.15. The topological polar surface area (TPSA) is 111 Å². The van der Waals surface area contributed by atoms with E-state index in [2.05, 4.69) is 10.6 Å². The number of sulfonamides is 1. The Bertz CT molecular complexity index is 636. The molecule has 0 fully saturated rings. The third-order valence-electron chi connectivity index (χ3n) is 3.17. The number of ether oxygens (including phenoxy) is 1. The molecule has 1 rings (SSSR count). The lowest BCUT2D eigenvalue weighted by atomic mass is 10.2. The minimum Gasteiger partial charge on any atom is -0.380 e. The van der Waals surface area contributed by atoms with Gasteiger partial charge in [-0.1, -0.05) is 0 Å². The Morgan fingerprint density at radius 3 is 2.55 bits per heavy atom. The van der Waals surface area contributed by atoms with Crippen LogP contribution in [0.15, 0.2) is 23.1 Å². The summed E-state index contributed by atoms with van der Waals surface area (Å²) in [5.41, 5.74) is 0.00925. The molecule has 124 valence electrons. The van der Waals surface area contributed by atoms with Crippen LogP contribution in [0.3, 0.4) is 0 Å². The van der Waals surface area contributed by atoms with Crippen molar-refractivity contribution < 1.29 is 22.3 Å². The number of halogens is 1. The van der Waals surface area contributed by atoms with E-state index in [0.717, 1.165) is 12.1 Å². The maximum Gasteiger partial charge on any atom is 0.239 e. The van der Waals surface area contributed by atoms with Gasteiger partial charge in [0.2, 0.25) is 15.9 Å². The van der Waals surface area contributed by atoms with E-state index in [-0.39, 0.29) is 35.2 Å². The van der Waals surface area contributed by atoms with Crippen molar-refractivity contribution in [3.63, 3.8) is 0 Å². The van der Waals surface area contributed by atoms with Crippen LogP contribution in [-0.4, -0.2) is 40.1 Å². The maximum absolute atomic E-state index is 13.7. The number of carbonyl (C=O) groups is 1. The normalized spacial score (nSPS) is 14.2. The number of hydrogen-bond acceptors (Lipinski definition) is 5. The third kappa shape index (κ3) is 5.24. The zero-order valence-corrected chi connectivity index (χ0v) is 13.4. The number of anilines is 1. The standard InChI is InChI=1S/C13H20FN3O4S/c1-8(9(2)21-3)17-13(18)7-16-12-5-4-10(6-11(12)14)22(15,19)20/h4-6,8-9,16H,7H2,1-3H3,(H,17,18)(H2,15,19,20)/t8-,9?/m0/s1. The Morgan fingerprint density at radius 1 is 1.41 bits per heavy atom. The number of methoxy groups -OCH3 is 1. The number of rotatable bonds is 7. The molecular formula is C13H20FN3O4S. The molecule has 1 aromatic rings. The highest BCUT2D eigenvalue weighted by molar-refractivity contribution is 7.89. The lowest BCUT2D eigenvalue weighted by Gasteiger charge is -2.20. The van der Waals surface area contributed by atoms with Crippen LogP contribution in [0.5, 0.6) is 0 Å². The van der Waals surface area contributed by atoms with Crippen molar-refractivity contribution >= 4 is 21.6 Å². The van der Waals surface area contributed by atoms with Gasteiger partial charge in [0.1, 0.15) is 5.82 Å². The summed E-state index contributed by atoms with van der Waals surface area (Å²) in [5, 5.41) is 10.2. The number of benzene rings is 1. The van der Waals surface area contributed by atoms with Gasteiger partial charge in [0.05, 0.1) is 29.3 Å². The fourth-order valence-corrected chi connectivity index (χ4v) is 2.14. The third-order valence-corrected chi connectivity index (χ3v) is 4.08. The molecule has 0 aliphatic heterocycles. The quantitative estimate of drug-likeness (QED) is 0.670. The second-order valence-electron chi connectivity index (χ2n) is 4.84. The lowest BCUT2D eigenvalue weighted by Crippen LogP contribution is -2.43. The van der Waals surface area contributed by atoms with Gasteiger partial charge in [-0.2, -0.15) is 0 Å². The molecule has 9 heteroatoms. The molecule has 1 aromatic carbocycles. The van der Waals surface area contributed by atoms with Gasteiger partial charge in [0, 0.05) is 7.11 Å². The van der Waals surface area contributed by atoms with Crippen LogP contribution in [0.1, 0.15) is 13.8 Å². The van der Waals surface area contributed by atoms with Gasteiger partial charge in [-0.05, 0) is 32.0 Å². The molecule has 0 aromatic heterocycles. The fourth-order valence-electron chi connectivity index (χ4n) is 1.62. The Labute approximate surface area is 129 Å². The predicted molar refractivity (Wildman–Crippen MR) is 80.3 cm³/mol. The van der Waals surface area contributed by atoms with E-state index in [4.69, 9.17) is 9.88 Å². The molecule has 0 radical (unpaired) electrons.